The molecule has 2 aromatic carbocycles. The maximum Gasteiger partial charge on any atom is 0.338 e. The van der Waals surface area contributed by atoms with Crippen LogP contribution in [0, 0.1) is 0 Å². The average Bonchev–Trinajstić information content (AvgIpc) is 2.95. The van der Waals surface area contributed by atoms with E-state index in [1.165, 1.54) is 37.1 Å². The van der Waals surface area contributed by atoms with Crippen LogP contribution < -0.4 is 4.90 Å². The number of hydrogen-bond donors (Lipinski definition) is 0. The number of esters is 1. The van der Waals surface area contributed by atoms with Crippen molar-refractivity contribution in [3.8, 4) is 0 Å². The van der Waals surface area contributed by atoms with E-state index in [0.29, 0.717) is 17.9 Å². The zero-order valence-corrected chi connectivity index (χ0v) is 17.6. The second kappa shape index (κ2) is 9.42. The van der Waals surface area contributed by atoms with Crippen LogP contribution in [0.4, 0.5) is 5.69 Å². The number of unbranched alkanes of at least 4 members (excludes halogenated alkanes) is 4. The van der Waals surface area contributed by atoms with Crippen LogP contribution in [-0.4, -0.2) is 24.4 Å². The van der Waals surface area contributed by atoms with Gasteiger partial charge in [0.1, 0.15) is 0 Å². The lowest BCUT2D eigenvalue weighted by Gasteiger charge is -2.14. The molecular weight excluding hydrogens is 413 g/mol. The van der Waals surface area contributed by atoms with E-state index in [1.807, 2.05) is 0 Å². The van der Waals surface area contributed by atoms with Gasteiger partial charge in [-0.05, 0) is 42.8 Å². The van der Waals surface area contributed by atoms with Gasteiger partial charge >= 0.3 is 5.97 Å². The molecule has 0 N–H and O–H groups in total. The molecule has 0 saturated heterocycles. The van der Waals surface area contributed by atoms with Gasteiger partial charge in [0.25, 0.3) is 11.8 Å². The fraction of sp³-hybridized carbons (Fsp3) is 0.318. The third-order valence-electron chi connectivity index (χ3n) is 4.77. The summed E-state index contributed by atoms with van der Waals surface area (Å²) in [7, 11) is 0. The maximum absolute atomic E-state index is 12.7. The van der Waals surface area contributed by atoms with E-state index in [1.54, 1.807) is 12.1 Å². The maximum atomic E-state index is 12.7. The summed E-state index contributed by atoms with van der Waals surface area (Å²) in [6.07, 6.45) is 5.36. The number of carbonyl (C=O) groups excluding carboxylic acids is 3. The Morgan fingerprint density at radius 3 is 2.00 bits per heavy atom. The van der Waals surface area contributed by atoms with Crippen molar-refractivity contribution in [3.63, 3.8) is 0 Å². The fourth-order valence-electron chi connectivity index (χ4n) is 3.17. The Bertz CT molecular complexity index is 900. The molecule has 0 aliphatic carbocycles. The lowest BCUT2D eigenvalue weighted by Crippen LogP contribution is -2.29. The van der Waals surface area contributed by atoms with Crippen LogP contribution in [0.25, 0.3) is 0 Å². The number of halogens is 2. The number of benzene rings is 2. The molecular formula is C22H21Cl2NO4. The van der Waals surface area contributed by atoms with E-state index in [4.69, 9.17) is 27.9 Å². The lowest BCUT2D eigenvalue weighted by molar-refractivity contribution is 0.0497. The summed E-state index contributed by atoms with van der Waals surface area (Å²) in [6.45, 7) is 2.53. The molecule has 2 amide bonds. The third kappa shape index (κ3) is 4.62. The molecule has 0 fully saturated rings. The number of nitrogens with zero attached hydrogens (tertiary/aromatic N) is 1. The minimum atomic E-state index is -0.481. The number of amides is 2. The van der Waals surface area contributed by atoms with Gasteiger partial charge in [-0.15, -0.1) is 0 Å². The van der Waals surface area contributed by atoms with E-state index in [9.17, 15) is 14.4 Å². The van der Waals surface area contributed by atoms with Crippen molar-refractivity contribution in [3.05, 3.63) is 63.1 Å². The SMILES string of the molecule is CCCCCCCOC(=O)c1ccc(N2C(=O)c3cc(Cl)c(Cl)cc3C2=O)cc1. The number of ether oxygens (including phenoxy) is 1. The highest BCUT2D eigenvalue weighted by molar-refractivity contribution is 6.44. The molecule has 7 heteroatoms. The highest BCUT2D eigenvalue weighted by Crippen LogP contribution is 2.34. The molecule has 0 saturated carbocycles. The van der Waals surface area contributed by atoms with Gasteiger partial charge in [-0.3, -0.25) is 9.59 Å². The molecule has 0 aromatic heterocycles. The standard InChI is InChI=1S/C22H21Cl2NO4/c1-2-3-4-5-6-11-29-22(28)14-7-9-15(10-8-14)25-20(26)16-12-18(23)19(24)13-17(16)21(25)27/h7-10,12-13H,2-6,11H2,1H3. The average molecular weight is 434 g/mol. The summed E-state index contributed by atoms with van der Waals surface area (Å²) in [5.74, 6) is -1.38. The van der Waals surface area contributed by atoms with Crippen molar-refractivity contribution in [2.24, 2.45) is 0 Å². The minimum absolute atomic E-state index is 0.205. The smallest absolute Gasteiger partial charge is 0.338 e. The number of fused-ring (bicyclic) bond motifs is 1. The molecule has 0 unspecified atom stereocenters. The quantitative estimate of drug-likeness (QED) is 0.294. The van der Waals surface area contributed by atoms with Gasteiger partial charge in [-0.1, -0.05) is 55.8 Å². The van der Waals surface area contributed by atoms with Gasteiger partial charge in [0.2, 0.25) is 0 Å². The van der Waals surface area contributed by atoms with Crippen LogP contribution in [0.1, 0.15) is 70.1 Å². The zero-order chi connectivity index (χ0) is 21.0. The van der Waals surface area contributed by atoms with Gasteiger partial charge in [-0.2, -0.15) is 0 Å². The van der Waals surface area contributed by atoms with Crippen molar-refractivity contribution in [2.75, 3.05) is 11.5 Å². The normalized spacial score (nSPS) is 13.0. The summed E-state index contributed by atoms with van der Waals surface area (Å²) >= 11 is 11.9. The molecule has 1 heterocycles. The molecule has 0 atom stereocenters. The third-order valence-corrected chi connectivity index (χ3v) is 5.49. The molecule has 29 heavy (non-hydrogen) atoms. The Morgan fingerprint density at radius 1 is 0.897 bits per heavy atom. The molecule has 1 aliphatic heterocycles. The number of carbonyl (C=O) groups is 3. The van der Waals surface area contributed by atoms with Crippen molar-refractivity contribution in [1.29, 1.82) is 0 Å². The Labute approximate surface area is 179 Å². The highest BCUT2D eigenvalue weighted by atomic mass is 35.5. The van der Waals surface area contributed by atoms with E-state index in [0.717, 1.165) is 24.2 Å². The predicted octanol–water partition coefficient (Wildman–Crippen LogP) is 5.92. The molecule has 1 aliphatic rings. The lowest BCUT2D eigenvalue weighted by atomic mass is 10.1. The van der Waals surface area contributed by atoms with Crippen LogP contribution in [0.5, 0.6) is 0 Å². The van der Waals surface area contributed by atoms with Gasteiger partial charge < -0.3 is 4.74 Å². The minimum Gasteiger partial charge on any atom is -0.462 e. The largest absolute Gasteiger partial charge is 0.462 e. The van der Waals surface area contributed by atoms with Crippen LogP contribution in [0.15, 0.2) is 36.4 Å². The second-order valence-corrected chi connectivity index (χ2v) is 7.67. The van der Waals surface area contributed by atoms with E-state index < -0.39 is 17.8 Å². The van der Waals surface area contributed by atoms with Crippen molar-refractivity contribution in [2.45, 2.75) is 39.0 Å². The van der Waals surface area contributed by atoms with E-state index >= 15 is 0 Å². The topological polar surface area (TPSA) is 63.7 Å². The Kier molecular flexibility index (Phi) is 6.93. The number of rotatable bonds is 8. The fourth-order valence-corrected chi connectivity index (χ4v) is 3.50. The number of anilines is 1. The molecule has 0 bridgehead atoms. The predicted molar refractivity (Wildman–Crippen MR) is 113 cm³/mol. The second-order valence-electron chi connectivity index (χ2n) is 6.85. The first-order valence-corrected chi connectivity index (χ1v) is 10.3. The van der Waals surface area contributed by atoms with Gasteiger partial charge in [0, 0.05) is 0 Å². The monoisotopic (exact) mass is 433 g/mol. The Balaban J connectivity index is 1.65. The first-order chi connectivity index (χ1) is 13.9. The zero-order valence-electron chi connectivity index (χ0n) is 16.0. The van der Waals surface area contributed by atoms with Crippen molar-refractivity contribution >= 4 is 46.7 Å². The molecule has 0 radical (unpaired) electrons. The van der Waals surface area contributed by atoms with Crippen LogP contribution in [0.3, 0.4) is 0 Å². The molecule has 152 valence electrons. The molecule has 5 nitrogen and oxygen atoms in total. The first kappa shape index (κ1) is 21.3. The van der Waals surface area contributed by atoms with Crippen LogP contribution in [-0.2, 0) is 4.74 Å². The Morgan fingerprint density at radius 2 is 1.45 bits per heavy atom. The van der Waals surface area contributed by atoms with Crippen LogP contribution >= 0.6 is 23.2 Å². The summed E-state index contributed by atoms with van der Waals surface area (Å²) < 4.78 is 5.28. The molecule has 0 spiro atoms. The first-order valence-electron chi connectivity index (χ1n) is 9.59. The summed E-state index contributed by atoms with van der Waals surface area (Å²) in [5, 5.41) is 0.419. The highest BCUT2D eigenvalue weighted by Gasteiger charge is 2.37. The van der Waals surface area contributed by atoms with Crippen molar-refractivity contribution in [1.82, 2.24) is 0 Å². The van der Waals surface area contributed by atoms with Gasteiger partial charge in [0.05, 0.1) is 39.0 Å². The summed E-state index contributed by atoms with van der Waals surface area (Å²) in [6, 6.07) is 8.96. The molecule has 3 rings (SSSR count). The Hall–Kier alpha value is -2.37. The summed E-state index contributed by atoms with van der Waals surface area (Å²) in [4.78, 5) is 38.5. The van der Waals surface area contributed by atoms with E-state index in [2.05, 4.69) is 6.92 Å². The summed E-state index contributed by atoms with van der Waals surface area (Å²) in [5.41, 5.74) is 1.14. The van der Waals surface area contributed by atoms with Gasteiger partial charge in [-0.25, -0.2) is 9.69 Å². The number of imide groups is 1. The van der Waals surface area contributed by atoms with Gasteiger partial charge in [0.15, 0.2) is 0 Å². The van der Waals surface area contributed by atoms with Crippen molar-refractivity contribution < 1.29 is 19.1 Å². The van der Waals surface area contributed by atoms with Crippen LogP contribution in [0.2, 0.25) is 10.0 Å². The number of hydrogen-bond acceptors (Lipinski definition) is 4. The van der Waals surface area contributed by atoms with E-state index in [-0.39, 0.29) is 21.2 Å². The molecule has 2 aromatic rings.